The Morgan fingerprint density at radius 3 is 2.87 bits per heavy atom. The van der Waals surface area contributed by atoms with Crippen LogP contribution in [0.15, 0.2) is 16.8 Å². The normalized spacial score (nSPS) is 24.3. The van der Waals surface area contributed by atoms with Crippen molar-refractivity contribution in [1.29, 1.82) is 0 Å². The van der Waals surface area contributed by atoms with Crippen LogP contribution in [0, 0.1) is 0 Å². The number of carbonyl (C=O) groups excluding carboxylic acids is 1. The number of thiophene rings is 1. The first-order chi connectivity index (χ1) is 11.3. The third-order valence-electron chi connectivity index (χ3n) is 5.05. The van der Waals surface area contributed by atoms with E-state index in [1.807, 2.05) is 16.8 Å². The molecule has 0 spiro atoms. The van der Waals surface area contributed by atoms with Gasteiger partial charge in [-0.15, -0.1) is 0 Å². The minimum Gasteiger partial charge on any atom is -0.375 e. The lowest BCUT2D eigenvalue weighted by atomic mass is 10.1. The van der Waals surface area contributed by atoms with Crippen LogP contribution in [0.1, 0.15) is 55.3 Å². The molecule has 0 aromatic carbocycles. The topological polar surface area (TPSA) is 41.6 Å². The summed E-state index contributed by atoms with van der Waals surface area (Å²) in [7, 11) is 0. The summed E-state index contributed by atoms with van der Waals surface area (Å²) in [4.78, 5) is 14.6. The van der Waals surface area contributed by atoms with Gasteiger partial charge in [0.2, 0.25) is 0 Å². The second-order valence-corrected chi connectivity index (χ2v) is 7.47. The van der Waals surface area contributed by atoms with Crippen molar-refractivity contribution in [3.8, 4) is 0 Å². The van der Waals surface area contributed by atoms with Crippen LogP contribution in [0.2, 0.25) is 0 Å². The fraction of sp³-hybridized carbons (Fsp3) is 0.722. The molecular weight excluding hydrogens is 308 g/mol. The fourth-order valence-electron chi connectivity index (χ4n) is 3.71. The van der Waals surface area contributed by atoms with Crippen molar-refractivity contribution in [2.75, 3.05) is 26.2 Å². The van der Waals surface area contributed by atoms with Gasteiger partial charge in [-0.3, -0.25) is 9.69 Å². The Kier molecular flexibility index (Phi) is 6.48. The van der Waals surface area contributed by atoms with E-state index in [2.05, 4.69) is 10.2 Å². The quantitative estimate of drug-likeness (QED) is 0.839. The van der Waals surface area contributed by atoms with E-state index in [9.17, 15) is 4.79 Å². The third kappa shape index (κ3) is 5.03. The molecule has 23 heavy (non-hydrogen) atoms. The van der Waals surface area contributed by atoms with Crippen molar-refractivity contribution in [2.45, 2.75) is 57.1 Å². The maximum atomic E-state index is 11.9. The predicted molar refractivity (Wildman–Crippen MR) is 94.1 cm³/mol. The lowest BCUT2D eigenvalue weighted by Gasteiger charge is -2.38. The summed E-state index contributed by atoms with van der Waals surface area (Å²) in [6.45, 7) is 3.62. The summed E-state index contributed by atoms with van der Waals surface area (Å²) in [5.74, 6) is 0.0303. The maximum Gasteiger partial charge on any atom is 0.252 e. The van der Waals surface area contributed by atoms with Crippen molar-refractivity contribution in [3.05, 3.63) is 22.4 Å². The van der Waals surface area contributed by atoms with Crippen molar-refractivity contribution in [1.82, 2.24) is 10.2 Å². The molecule has 128 valence electrons. The number of morpholine rings is 1. The highest BCUT2D eigenvalue weighted by molar-refractivity contribution is 7.08. The molecule has 0 radical (unpaired) electrons. The molecule has 0 bridgehead atoms. The summed E-state index contributed by atoms with van der Waals surface area (Å²) in [6.07, 6.45) is 9.42. The number of ether oxygens (including phenoxy) is 1. The highest BCUT2D eigenvalue weighted by Crippen LogP contribution is 2.24. The van der Waals surface area contributed by atoms with Gasteiger partial charge in [0, 0.05) is 36.6 Å². The molecule has 1 N–H and O–H groups in total. The van der Waals surface area contributed by atoms with Crippen LogP contribution in [0.5, 0.6) is 0 Å². The third-order valence-corrected chi connectivity index (χ3v) is 5.73. The summed E-state index contributed by atoms with van der Waals surface area (Å²) < 4.78 is 5.91. The predicted octanol–water partition coefficient (Wildman–Crippen LogP) is 3.29. The zero-order valence-electron chi connectivity index (χ0n) is 13.8. The van der Waals surface area contributed by atoms with E-state index >= 15 is 0 Å². The molecule has 2 heterocycles. The molecule has 1 saturated heterocycles. The largest absolute Gasteiger partial charge is 0.375 e. The molecule has 1 amide bonds. The molecule has 4 nitrogen and oxygen atoms in total. The summed E-state index contributed by atoms with van der Waals surface area (Å²) >= 11 is 1.56. The first kappa shape index (κ1) is 16.9. The Bertz CT molecular complexity index is 469. The van der Waals surface area contributed by atoms with Gasteiger partial charge in [0.15, 0.2) is 0 Å². The lowest BCUT2D eigenvalue weighted by Crippen LogP contribution is -2.48. The number of hydrogen-bond acceptors (Lipinski definition) is 4. The van der Waals surface area contributed by atoms with Gasteiger partial charge in [-0.1, -0.05) is 25.7 Å². The molecule has 1 saturated carbocycles. The first-order valence-corrected chi connectivity index (χ1v) is 9.93. The Balaban J connectivity index is 1.40. The van der Waals surface area contributed by atoms with E-state index in [-0.39, 0.29) is 12.0 Å². The molecule has 3 rings (SSSR count). The molecule has 1 aliphatic heterocycles. The lowest BCUT2D eigenvalue weighted by molar-refractivity contribution is -0.0478. The highest BCUT2D eigenvalue weighted by atomic mass is 32.1. The smallest absolute Gasteiger partial charge is 0.252 e. The second kappa shape index (κ2) is 8.81. The molecule has 1 aromatic heterocycles. The SMILES string of the molecule is O=C(NCCC1CN(C2CCCCCC2)CCO1)c1ccsc1. The number of nitrogens with one attached hydrogen (secondary N) is 1. The van der Waals surface area contributed by atoms with Crippen molar-refractivity contribution < 1.29 is 9.53 Å². The maximum absolute atomic E-state index is 11.9. The van der Waals surface area contributed by atoms with Gasteiger partial charge >= 0.3 is 0 Å². The van der Waals surface area contributed by atoms with Crippen molar-refractivity contribution in [3.63, 3.8) is 0 Å². The zero-order valence-corrected chi connectivity index (χ0v) is 14.7. The van der Waals surface area contributed by atoms with E-state index in [1.165, 1.54) is 38.5 Å². The van der Waals surface area contributed by atoms with Gasteiger partial charge < -0.3 is 10.1 Å². The van der Waals surface area contributed by atoms with Gasteiger partial charge in [0.1, 0.15) is 0 Å². The summed E-state index contributed by atoms with van der Waals surface area (Å²) in [5.41, 5.74) is 0.764. The standard InChI is InChI=1S/C18H28N2O2S/c21-18(15-8-12-23-14-15)19-9-7-17-13-20(10-11-22-17)16-5-3-1-2-4-6-16/h8,12,14,16-17H,1-7,9-11,13H2,(H,19,21). The van der Waals surface area contributed by atoms with Gasteiger partial charge in [-0.25, -0.2) is 0 Å². The van der Waals surface area contributed by atoms with Gasteiger partial charge in [0.05, 0.1) is 12.7 Å². The second-order valence-electron chi connectivity index (χ2n) is 6.69. The van der Waals surface area contributed by atoms with Crippen LogP contribution in [-0.2, 0) is 4.74 Å². The Morgan fingerprint density at radius 2 is 2.13 bits per heavy atom. The summed E-state index contributed by atoms with van der Waals surface area (Å²) in [5, 5.41) is 6.83. The molecule has 2 fully saturated rings. The minimum atomic E-state index is 0.0303. The van der Waals surface area contributed by atoms with Crippen molar-refractivity contribution in [2.24, 2.45) is 0 Å². The van der Waals surface area contributed by atoms with E-state index in [4.69, 9.17) is 4.74 Å². The molecule has 1 unspecified atom stereocenters. The Hall–Kier alpha value is -0.910. The van der Waals surface area contributed by atoms with Crippen LogP contribution in [0.3, 0.4) is 0 Å². The zero-order chi connectivity index (χ0) is 15.9. The van der Waals surface area contributed by atoms with E-state index in [1.54, 1.807) is 11.3 Å². The van der Waals surface area contributed by atoms with Crippen LogP contribution >= 0.6 is 11.3 Å². The number of hydrogen-bond donors (Lipinski definition) is 1. The first-order valence-electron chi connectivity index (χ1n) is 8.99. The number of amides is 1. The van der Waals surface area contributed by atoms with Gasteiger partial charge in [0.25, 0.3) is 5.91 Å². The van der Waals surface area contributed by atoms with Crippen molar-refractivity contribution >= 4 is 17.2 Å². The molecule has 5 heteroatoms. The molecule has 1 aliphatic carbocycles. The van der Waals surface area contributed by atoms with Crippen LogP contribution in [-0.4, -0.2) is 49.2 Å². The summed E-state index contributed by atoms with van der Waals surface area (Å²) in [6, 6.07) is 2.62. The monoisotopic (exact) mass is 336 g/mol. The van der Waals surface area contributed by atoms with E-state index in [0.29, 0.717) is 6.54 Å². The van der Waals surface area contributed by atoms with Gasteiger partial charge in [-0.05, 0) is 30.7 Å². The average Bonchev–Trinajstić information content (AvgIpc) is 2.98. The molecule has 1 aromatic rings. The fourth-order valence-corrected chi connectivity index (χ4v) is 4.35. The van der Waals surface area contributed by atoms with Gasteiger partial charge in [-0.2, -0.15) is 11.3 Å². The molecular formula is C18H28N2O2S. The van der Waals surface area contributed by atoms with E-state index < -0.39 is 0 Å². The van der Waals surface area contributed by atoms with E-state index in [0.717, 1.165) is 37.7 Å². The highest BCUT2D eigenvalue weighted by Gasteiger charge is 2.26. The Labute approximate surface area is 143 Å². The minimum absolute atomic E-state index is 0.0303. The van der Waals surface area contributed by atoms with Crippen LogP contribution < -0.4 is 5.32 Å². The number of carbonyl (C=O) groups is 1. The molecule has 2 aliphatic rings. The van der Waals surface area contributed by atoms with Crippen LogP contribution in [0.25, 0.3) is 0 Å². The average molecular weight is 337 g/mol. The molecule has 1 atom stereocenters. The van der Waals surface area contributed by atoms with Crippen LogP contribution in [0.4, 0.5) is 0 Å². The Morgan fingerprint density at radius 1 is 1.30 bits per heavy atom. The number of rotatable bonds is 5. The number of nitrogens with zero attached hydrogens (tertiary/aromatic N) is 1.